The molecule has 0 aromatic heterocycles. The Labute approximate surface area is 226 Å². The first-order valence-electron chi connectivity index (χ1n) is 14.6. The van der Waals surface area contributed by atoms with Crippen LogP contribution in [-0.4, -0.2) is 97.7 Å². The number of nitrogens with zero attached hydrogens (tertiary/aromatic N) is 3. The third-order valence-corrected chi connectivity index (χ3v) is 9.77. The number of hydrogen-bond acceptors (Lipinski definition) is 6. The zero-order chi connectivity index (χ0) is 26.4. The van der Waals surface area contributed by atoms with Crippen molar-refractivity contribution in [3.8, 4) is 0 Å². The number of likely N-dealkylation sites (N-methyl/N-ethyl adjacent to an activating group) is 1. The van der Waals surface area contributed by atoms with Gasteiger partial charge in [-0.25, -0.2) is 0 Å². The molecule has 6 rings (SSSR count). The van der Waals surface area contributed by atoms with Crippen molar-refractivity contribution in [1.29, 1.82) is 0 Å². The molecule has 4 unspecified atom stereocenters. The van der Waals surface area contributed by atoms with Gasteiger partial charge in [0.1, 0.15) is 0 Å². The fourth-order valence-electron chi connectivity index (χ4n) is 7.44. The number of anilines is 1. The minimum Gasteiger partial charge on any atom is -0.381 e. The summed E-state index contributed by atoms with van der Waals surface area (Å²) in [5.74, 6) is 0.750. The third-order valence-electron chi connectivity index (χ3n) is 9.77. The van der Waals surface area contributed by atoms with Crippen molar-refractivity contribution in [2.45, 2.75) is 63.6 Å². The molecule has 1 aromatic rings. The Morgan fingerprint density at radius 1 is 1.05 bits per heavy atom. The molecule has 0 saturated carbocycles. The number of nitrogens with one attached hydrogen (secondary N) is 2. The van der Waals surface area contributed by atoms with E-state index in [1.54, 1.807) is 0 Å². The van der Waals surface area contributed by atoms with E-state index in [-0.39, 0.29) is 35.7 Å². The van der Waals surface area contributed by atoms with E-state index in [4.69, 9.17) is 4.74 Å². The zero-order valence-electron chi connectivity index (χ0n) is 23.1. The summed E-state index contributed by atoms with van der Waals surface area (Å²) in [7, 11) is 2.06. The molecule has 4 saturated heterocycles. The fourth-order valence-corrected chi connectivity index (χ4v) is 7.44. The van der Waals surface area contributed by atoms with Crippen LogP contribution in [0.25, 0.3) is 5.57 Å². The highest BCUT2D eigenvalue weighted by Gasteiger charge is 2.44. The molecular weight excluding hydrogens is 478 g/mol. The van der Waals surface area contributed by atoms with Gasteiger partial charge in [-0.3, -0.25) is 14.5 Å². The minimum atomic E-state index is -0.0838. The van der Waals surface area contributed by atoms with Gasteiger partial charge in [-0.05, 0) is 82.3 Å². The maximum absolute atomic E-state index is 13.4. The van der Waals surface area contributed by atoms with Gasteiger partial charge < -0.3 is 25.2 Å². The normalized spacial score (nSPS) is 32.8. The summed E-state index contributed by atoms with van der Waals surface area (Å²) in [6.45, 7) is 10.7. The van der Waals surface area contributed by atoms with E-state index in [0.29, 0.717) is 18.6 Å². The van der Waals surface area contributed by atoms with Gasteiger partial charge in [-0.2, -0.15) is 0 Å². The Morgan fingerprint density at radius 2 is 1.82 bits per heavy atom. The SMILES string of the molecule is CC1NC(/C=C2\C(=O)Nc3ccc(C4CCN(C5CCOCC5)CC4)cc32)C(C)C1C(=O)N1CCN(C)C1. The maximum Gasteiger partial charge on any atom is 0.256 e. The second-order valence-corrected chi connectivity index (χ2v) is 12.2. The average Bonchev–Trinajstić information content (AvgIpc) is 3.59. The highest BCUT2D eigenvalue weighted by molar-refractivity contribution is 6.31. The van der Waals surface area contributed by atoms with Crippen LogP contribution >= 0.6 is 0 Å². The Balaban J connectivity index is 1.16. The smallest absolute Gasteiger partial charge is 0.256 e. The molecule has 206 valence electrons. The standard InChI is InChI=1S/C30H43N5O3/c1-19-27(31-20(2)28(19)30(37)35-13-12-33(3)18-35)17-25-24-16-22(4-5-26(24)32-29(25)36)21-6-10-34(11-7-21)23-8-14-38-15-9-23/h4-5,16-17,19-21,23,27-28,31H,6-15,18H2,1-3H3,(H,32,36)/b25-17-. The summed E-state index contributed by atoms with van der Waals surface area (Å²) in [5, 5.41) is 6.71. The highest BCUT2D eigenvalue weighted by atomic mass is 16.5. The van der Waals surface area contributed by atoms with Crippen molar-refractivity contribution in [2.24, 2.45) is 11.8 Å². The maximum atomic E-state index is 13.4. The van der Waals surface area contributed by atoms with Crippen molar-refractivity contribution < 1.29 is 14.3 Å². The molecule has 5 aliphatic heterocycles. The molecular formula is C30H43N5O3. The summed E-state index contributed by atoms with van der Waals surface area (Å²) in [4.78, 5) is 33.2. The Bertz CT molecular complexity index is 1090. The first kappa shape index (κ1) is 26.0. The van der Waals surface area contributed by atoms with Gasteiger partial charge in [0.15, 0.2) is 0 Å². The lowest BCUT2D eigenvalue weighted by atomic mass is 9.85. The largest absolute Gasteiger partial charge is 0.381 e. The van der Waals surface area contributed by atoms with E-state index < -0.39 is 0 Å². The van der Waals surface area contributed by atoms with E-state index in [1.165, 1.54) is 5.56 Å². The predicted octanol–water partition coefficient (Wildman–Crippen LogP) is 2.72. The van der Waals surface area contributed by atoms with Crippen LogP contribution in [0.5, 0.6) is 0 Å². The van der Waals surface area contributed by atoms with Crippen LogP contribution in [0, 0.1) is 11.8 Å². The quantitative estimate of drug-likeness (QED) is 0.594. The van der Waals surface area contributed by atoms with Crippen LogP contribution in [0.4, 0.5) is 5.69 Å². The molecule has 8 heteroatoms. The van der Waals surface area contributed by atoms with Gasteiger partial charge in [0, 0.05) is 61.3 Å². The molecule has 2 amide bonds. The van der Waals surface area contributed by atoms with Crippen molar-refractivity contribution in [3.63, 3.8) is 0 Å². The lowest BCUT2D eigenvalue weighted by Gasteiger charge is -2.39. The molecule has 8 nitrogen and oxygen atoms in total. The summed E-state index contributed by atoms with van der Waals surface area (Å²) < 4.78 is 5.56. The molecule has 5 heterocycles. The van der Waals surface area contributed by atoms with Gasteiger partial charge in [0.05, 0.1) is 12.6 Å². The van der Waals surface area contributed by atoms with Crippen LogP contribution in [0.15, 0.2) is 24.3 Å². The number of likely N-dealkylation sites (tertiary alicyclic amines) is 1. The van der Waals surface area contributed by atoms with Gasteiger partial charge in [0.2, 0.25) is 5.91 Å². The van der Waals surface area contributed by atoms with Gasteiger partial charge >= 0.3 is 0 Å². The van der Waals surface area contributed by atoms with E-state index in [1.807, 2.05) is 4.90 Å². The second-order valence-electron chi connectivity index (χ2n) is 12.2. The average molecular weight is 522 g/mol. The fraction of sp³-hybridized carbons (Fsp3) is 0.667. The summed E-state index contributed by atoms with van der Waals surface area (Å²) in [5.41, 5.74) is 3.99. The number of amides is 2. The first-order valence-corrected chi connectivity index (χ1v) is 14.6. The summed E-state index contributed by atoms with van der Waals surface area (Å²) in [6.07, 6.45) is 6.71. The molecule has 4 atom stereocenters. The topological polar surface area (TPSA) is 77.2 Å². The molecule has 38 heavy (non-hydrogen) atoms. The number of carbonyl (C=O) groups excluding carboxylic acids is 2. The van der Waals surface area contributed by atoms with E-state index in [0.717, 1.165) is 81.9 Å². The van der Waals surface area contributed by atoms with Crippen LogP contribution in [0.2, 0.25) is 0 Å². The molecule has 5 aliphatic rings. The molecule has 1 aromatic carbocycles. The number of carbonyl (C=O) groups is 2. The van der Waals surface area contributed by atoms with Crippen LogP contribution < -0.4 is 10.6 Å². The lowest BCUT2D eigenvalue weighted by Crippen LogP contribution is -2.43. The van der Waals surface area contributed by atoms with E-state index >= 15 is 0 Å². The van der Waals surface area contributed by atoms with Crippen molar-refractivity contribution in [2.75, 3.05) is 58.4 Å². The van der Waals surface area contributed by atoms with Crippen molar-refractivity contribution >= 4 is 23.1 Å². The highest BCUT2D eigenvalue weighted by Crippen LogP contribution is 2.39. The Morgan fingerprint density at radius 3 is 2.53 bits per heavy atom. The number of fused-ring (bicyclic) bond motifs is 1. The summed E-state index contributed by atoms with van der Waals surface area (Å²) >= 11 is 0. The Kier molecular flexibility index (Phi) is 7.33. The number of piperidine rings is 1. The number of rotatable bonds is 4. The monoisotopic (exact) mass is 521 g/mol. The van der Waals surface area contributed by atoms with E-state index in [2.05, 4.69) is 65.6 Å². The minimum absolute atomic E-state index is 0.0163. The van der Waals surface area contributed by atoms with Crippen LogP contribution in [-0.2, 0) is 14.3 Å². The Hall–Kier alpha value is -2.26. The molecule has 0 radical (unpaired) electrons. The van der Waals surface area contributed by atoms with Crippen LogP contribution in [0.1, 0.15) is 56.6 Å². The predicted molar refractivity (Wildman–Crippen MR) is 149 cm³/mol. The van der Waals surface area contributed by atoms with Crippen molar-refractivity contribution in [3.05, 3.63) is 35.4 Å². The molecule has 0 aliphatic carbocycles. The van der Waals surface area contributed by atoms with Gasteiger partial charge in [0.25, 0.3) is 5.91 Å². The second kappa shape index (κ2) is 10.7. The number of hydrogen-bond donors (Lipinski definition) is 2. The third kappa shape index (κ3) is 4.92. The molecule has 4 fully saturated rings. The first-order chi connectivity index (χ1) is 18.4. The summed E-state index contributed by atoms with van der Waals surface area (Å²) in [6, 6.07) is 7.26. The number of benzene rings is 1. The number of ether oxygens (including phenoxy) is 1. The molecule has 0 bridgehead atoms. The van der Waals surface area contributed by atoms with Crippen molar-refractivity contribution in [1.82, 2.24) is 20.0 Å². The van der Waals surface area contributed by atoms with Gasteiger partial charge in [-0.1, -0.05) is 19.1 Å². The molecule has 0 spiro atoms. The zero-order valence-corrected chi connectivity index (χ0v) is 23.1. The lowest BCUT2D eigenvalue weighted by molar-refractivity contribution is -0.136. The van der Waals surface area contributed by atoms with Crippen LogP contribution in [0.3, 0.4) is 0 Å². The van der Waals surface area contributed by atoms with Gasteiger partial charge in [-0.15, -0.1) is 0 Å². The van der Waals surface area contributed by atoms with E-state index in [9.17, 15) is 9.59 Å². The molecule has 2 N–H and O–H groups in total.